The summed E-state index contributed by atoms with van der Waals surface area (Å²) in [5.41, 5.74) is 1.35. The lowest BCUT2D eigenvalue weighted by Crippen LogP contribution is -2.47. The molecule has 0 bridgehead atoms. The zero-order valence-corrected chi connectivity index (χ0v) is 21.5. The van der Waals surface area contributed by atoms with Gasteiger partial charge in [0.2, 0.25) is 0 Å². The van der Waals surface area contributed by atoms with Crippen molar-refractivity contribution in [2.45, 2.75) is 57.8 Å². The highest BCUT2D eigenvalue weighted by molar-refractivity contribution is 14.0. The van der Waals surface area contributed by atoms with Gasteiger partial charge in [-0.3, -0.25) is 9.89 Å². The lowest BCUT2D eigenvalue weighted by atomic mass is 10.1. The summed E-state index contributed by atoms with van der Waals surface area (Å²) in [5.74, 6) is 2.69. The minimum Gasteiger partial charge on any atom is -0.377 e. The number of benzene rings is 1. The highest BCUT2D eigenvalue weighted by Gasteiger charge is 2.25. The van der Waals surface area contributed by atoms with Gasteiger partial charge in [-0.05, 0) is 44.8 Å². The number of fused-ring (bicyclic) bond motifs is 1. The van der Waals surface area contributed by atoms with E-state index in [0.717, 1.165) is 63.2 Å². The minimum atomic E-state index is 0. The Morgan fingerprint density at radius 2 is 2.03 bits per heavy atom. The van der Waals surface area contributed by atoms with Gasteiger partial charge in [-0.25, -0.2) is 9.67 Å². The first-order valence-electron chi connectivity index (χ1n) is 11.5. The van der Waals surface area contributed by atoms with Crippen molar-refractivity contribution >= 4 is 29.9 Å². The van der Waals surface area contributed by atoms with Crippen LogP contribution in [0.5, 0.6) is 0 Å². The van der Waals surface area contributed by atoms with Crippen LogP contribution in [0.2, 0.25) is 0 Å². The summed E-state index contributed by atoms with van der Waals surface area (Å²) in [7, 11) is 1.67. The van der Waals surface area contributed by atoms with Crippen LogP contribution >= 0.6 is 24.0 Å². The lowest BCUT2D eigenvalue weighted by Gasteiger charge is -2.28. The average Bonchev–Trinajstić information content (AvgIpc) is 3.45. The van der Waals surface area contributed by atoms with E-state index in [9.17, 15) is 0 Å². The predicted octanol–water partition coefficient (Wildman–Crippen LogP) is 2.75. The number of halogens is 1. The van der Waals surface area contributed by atoms with Crippen LogP contribution in [0, 0.1) is 0 Å². The molecule has 0 radical (unpaired) electrons. The van der Waals surface area contributed by atoms with Crippen LogP contribution in [-0.2, 0) is 24.3 Å². The molecule has 176 valence electrons. The number of nitrogens with one attached hydrogen (secondary N) is 2. The third-order valence-corrected chi connectivity index (χ3v) is 6.05. The quantitative estimate of drug-likeness (QED) is 0.298. The molecule has 0 saturated carbocycles. The fourth-order valence-corrected chi connectivity index (χ4v) is 4.52. The smallest absolute Gasteiger partial charge is 0.191 e. The first-order valence-corrected chi connectivity index (χ1v) is 11.5. The number of aryl methyl sites for hydroxylation is 1. The maximum Gasteiger partial charge on any atom is 0.191 e. The van der Waals surface area contributed by atoms with Crippen molar-refractivity contribution in [2.75, 3.05) is 33.3 Å². The second-order valence-electron chi connectivity index (χ2n) is 8.33. The van der Waals surface area contributed by atoms with E-state index in [-0.39, 0.29) is 30.0 Å². The first-order chi connectivity index (χ1) is 15.3. The van der Waals surface area contributed by atoms with E-state index < -0.39 is 0 Å². The normalized spacial score (nSPS) is 19.8. The average molecular weight is 553 g/mol. The number of aliphatic imine (C=N–C) groups is 1. The minimum absolute atomic E-state index is 0. The zero-order valence-electron chi connectivity index (χ0n) is 19.2. The van der Waals surface area contributed by atoms with Crippen LogP contribution in [-0.4, -0.2) is 65.0 Å². The number of ether oxygens (including phenoxy) is 1. The van der Waals surface area contributed by atoms with Crippen molar-refractivity contribution in [2.24, 2.45) is 4.99 Å². The van der Waals surface area contributed by atoms with Crippen LogP contribution in [0.15, 0.2) is 35.3 Å². The molecule has 0 amide bonds. The molecule has 1 aromatic carbocycles. The van der Waals surface area contributed by atoms with E-state index in [1.54, 1.807) is 7.11 Å². The first kappa shape index (κ1) is 24.9. The predicted molar refractivity (Wildman–Crippen MR) is 137 cm³/mol. The molecule has 2 aromatic rings. The van der Waals surface area contributed by atoms with E-state index in [4.69, 9.17) is 9.73 Å². The Morgan fingerprint density at radius 1 is 1.25 bits per heavy atom. The van der Waals surface area contributed by atoms with Gasteiger partial charge >= 0.3 is 0 Å². The van der Waals surface area contributed by atoms with Crippen molar-refractivity contribution in [3.8, 4) is 0 Å². The van der Waals surface area contributed by atoms with Crippen LogP contribution in [0.1, 0.15) is 49.4 Å². The van der Waals surface area contributed by atoms with E-state index in [0.29, 0.717) is 12.6 Å². The standard InChI is InChI=1S/C23H35N7O.HI/c1-3-24-23(26-19-11-12-22-27-21(17-31-2)28-30(22)16-19)25-15-20(29-13-7-8-14-29)18-9-5-4-6-10-18;/h4-6,9-10,19-20H,3,7-8,11-17H2,1-2H3,(H2,24,25,26);1H. The summed E-state index contributed by atoms with van der Waals surface area (Å²) in [6.45, 7) is 7.26. The highest BCUT2D eigenvalue weighted by atomic mass is 127. The third-order valence-electron chi connectivity index (χ3n) is 6.05. The number of rotatable bonds is 8. The Balaban J connectivity index is 0.00000289. The summed E-state index contributed by atoms with van der Waals surface area (Å²) in [4.78, 5) is 12.2. The van der Waals surface area contributed by atoms with E-state index >= 15 is 0 Å². The lowest BCUT2D eigenvalue weighted by molar-refractivity contribution is 0.177. The molecule has 2 aliphatic rings. The molecule has 9 heteroatoms. The van der Waals surface area contributed by atoms with Crippen molar-refractivity contribution in [3.63, 3.8) is 0 Å². The molecule has 8 nitrogen and oxygen atoms in total. The number of aromatic nitrogens is 3. The maximum atomic E-state index is 5.17. The Labute approximate surface area is 208 Å². The molecular formula is C23H36IN7O. The van der Waals surface area contributed by atoms with E-state index in [1.165, 1.54) is 18.4 Å². The molecule has 2 N–H and O–H groups in total. The second-order valence-corrected chi connectivity index (χ2v) is 8.33. The summed E-state index contributed by atoms with van der Waals surface area (Å²) in [5, 5.41) is 11.7. The molecule has 3 heterocycles. The van der Waals surface area contributed by atoms with Gasteiger partial charge in [-0.1, -0.05) is 30.3 Å². The largest absolute Gasteiger partial charge is 0.377 e. The van der Waals surface area contributed by atoms with E-state index in [2.05, 4.69) is 62.9 Å². The molecule has 1 aromatic heterocycles. The van der Waals surface area contributed by atoms with Gasteiger partial charge < -0.3 is 15.4 Å². The Hall–Kier alpha value is -1.72. The van der Waals surface area contributed by atoms with Crippen molar-refractivity contribution in [1.29, 1.82) is 0 Å². The van der Waals surface area contributed by atoms with Crippen LogP contribution in [0.4, 0.5) is 0 Å². The molecule has 1 saturated heterocycles. The molecule has 1 fully saturated rings. The number of methoxy groups -OCH3 is 1. The third kappa shape index (κ3) is 6.41. The number of nitrogens with zero attached hydrogens (tertiary/aromatic N) is 5. The maximum absolute atomic E-state index is 5.17. The Morgan fingerprint density at radius 3 is 2.75 bits per heavy atom. The summed E-state index contributed by atoms with van der Waals surface area (Å²) in [6, 6.07) is 11.4. The van der Waals surface area contributed by atoms with E-state index in [1.807, 2.05) is 4.68 Å². The molecule has 2 atom stereocenters. The fraction of sp³-hybridized carbons (Fsp3) is 0.609. The van der Waals surface area contributed by atoms with Crippen molar-refractivity contribution in [3.05, 3.63) is 47.5 Å². The zero-order chi connectivity index (χ0) is 21.5. The van der Waals surface area contributed by atoms with Gasteiger partial charge in [-0.15, -0.1) is 24.0 Å². The van der Waals surface area contributed by atoms with Crippen LogP contribution in [0.25, 0.3) is 0 Å². The molecule has 2 unspecified atom stereocenters. The molecule has 0 spiro atoms. The number of hydrogen-bond donors (Lipinski definition) is 2. The monoisotopic (exact) mass is 553 g/mol. The fourth-order valence-electron chi connectivity index (χ4n) is 4.52. The summed E-state index contributed by atoms with van der Waals surface area (Å²) < 4.78 is 7.18. The Kier molecular flexibility index (Phi) is 9.73. The summed E-state index contributed by atoms with van der Waals surface area (Å²) >= 11 is 0. The van der Waals surface area contributed by atoms with Gasteiger partial charge in [0.25, 0.3) is 0 Å². The number of hydrogen-bond acceptors (Lipinski definition) is 5. The molecule has 4 rings (SSSR count). The molecule has 2 aliphatic heterocycles. The second kappa shape index (κ2) is 12.5. The molecule has 0 aliphatic carbocycles. The van der Waals surface area contributed by atoms with Gasteiger partial charge in [0, 0.05) is 26.1 Å². The van der Waals surface area contributed by atoms with Gasteiger partial charge in [0.05, 0.1) is 19.1 Å². The Bertz CT molecular complexity index is 851. The van der Waals surface area contributed by atoms with Crippen molar-refractivity contribution in [1.82, 2.24) is 30.3 Å². The van der Waals surface area contributed by atoms with Gasteiger partial charge in [0.1, 0.15) is 12.4 Å². The van der Waals surface area contributed by atoms with Gasteiger partial charge in [-0.2, -0.15) is 5.10 Å². The van der Waals surface area contributed by atoms with Gasteiger partial charge in [0.15, 0.2) is 11.8 Å². The van der Waals surface area contributed by atoms with Crippen molar-refractivity contribution < 1.29 is 4.74 Å². The number of guanidine groups is 1. The molecular weight excluding hydrogens is 517 g/mol. The topological polar surface area (TPSA) is 79.6 Å². The molecule has 32 heavy (non-hydrogen) atoms. The highest BCUT2D eigenvalue weighted by Crippen LogP contribution is 2.25. The van der Waals surface area contributed by atoms with Crippen LogP contribution in [0.3, 0.4) is 0 Å². The summed E-state index contributed by atoms with van der Waals surface area (Å²) in [6.07, 6.45) is 4.48. The SMILES string of the molecule is CCNC(=NCC(c1ccccc1)N1CCCC1)NC1CCc2nc(COC)nn2C1.I. The number of likely N-dealkylation sites (tertiary alicyclic amines) is 1. The van der Waals surface area contributed by atoms with Crippen LogP contribution < -0.4 is 10.6 Å².